The first kappa shape index (κ1) is 9.21. The predicted molar refractivity (Wildman–Crippen MR) is 40.7 cm³/mol. The SMILES string of the molecule is C/C=C\C(CC)OC(C)=O. The first-order valence-corrected chi connectivity index (χ1v) is 3.50. The summed E-state index contributed by atoms with van der Waals surface area (Å²) in [5, 5.41) is 0. The third-order valence-electron chi connectivity index (χ3n) is 1.13. The van der Waals surface area contributed by atoms with E-state index in [1.807, 2.05) is 26.0 Å². The van der Waals surface area contributed by atoms with Crippen molar-refractivity contribution in [3.63, 3.8) is 0 Å². The van der Waals surface area contributed by atoms with Gasteiger partial charge in [-0.2, -0.15) is 0 Å². The molecule has 0 aliphatic carbocycles. The maximum Gasteiger partial charge on any atom is 0.303 e. The third kappa shape index (κ3) is 4.13. The summed E-state index contributed by atoms with van der Waals surface area (Å²) in [6.45, 7) is 5.31. The van der Waals surface area contributed by atoms with Crippen LogP contribution in [0.5, 0.6) is 0 Å². The van der Waals surface area contributed by atoms with Crippen molar-refractivity contribution in [1.29, 1.82) is 0 Å². The number of allylic oxidation sites excluding steroid dienone is 1. The second kappa shape index (κ2) is 5.03. The quantitative estimate of drug-likeness (QED) is 0.444. The highest BCUT2D eigenvalue weighted by Gasteiger charge is 2.02. The lowest BCUT2D eigenvalue weighted by Gasteiger charge is -2.08. The monoisotopic (exact) mass is 142 g/mol. The smallest absolute Gasteiger partial charge is 0.303 e. The molecule has 1 unspecified atom stereocenters. The van der Waals surface area contributed by atoms with Gasteiger partial charge in [0.25, 0.3) is 0 Å². The molecule has 0 fully saturated rings. The zero-order valence-electron chi connectivity index (χ0n) is 6.76. The van der Waals surface area contributed by atoms with Crippen molar-refractivity contribution in [2.75, 3.05) is 0 Å². The lowest BCUT2D eigenvalue weighted by Crippen LogP contribution is -2.11. The molecule has 0 N–H and O–H groups in total. The van der Waals surface area contributed by atoms with Gasteiger partial charge >= 0.3 is 5.97 Å². The van der Waals surface area contributed by atoms with E-state index >= 15 is 0 Å². The molecule has 10 heavy (non-hydrogen) atoms. The lowest BCUT2D eigenvalue weighted by atomic mass is 10.2. The van der Waals surface area contributed by atoms with Crippen LogP contribution in [0, 0.1) is 0 Å². The fourth-order valence-corrected chi connectivity index (χ4v) is 0.687. The molecule has 2 heteroatoms. The topological polar surface area (TPSA) is 26.3 Å². The van der Waals surface area contributed by atoms with Crippen molar-refractivity contribution in [2.45, 2.75) is 33.3 Å². The number of hydrogen-bond donors (Lipinski definition) is 0. The summed E-state index contributed by atoms with van der Waals surface area (Å²) < 4.78 is 4.91. The Labute approximate surface area is 61.9 Å². The highest BCUT2D eigenvalue weighted by atomic mass is 16.5. The minimum atomic E-state index is -0.218. The van der Waals surface area contributed by atoms with Gasteiger partial charge in [0.15, 0.2) is 0 Å². The minimum absolute atomic E-state index is 0.0394. The number of rotatable bonds is 3. The van der Waals surface area contributed by atoms with Gasteiger partial charge < -0.3 is 4.74 Å². The van der Waals surface area contributed by atoms with Gasteiger partial charge in [0.2, 0.25) is 0 Å². The van der Waals surface area contributed by atoms with Crippen LogP contribution in [0.4, 0.5) is 0 Å². The van der Waals surface area contributed by atoms with E-state index in [1.54, 1.807) is 0 Å². The molecule has 0 aromatic carbocycles. The first-order valence-electron chi connectivity index (χ1n) is 3.50. The van der Waals surface area contributed by atoms with Gasteiger partial charge in [-0.15, -0.1) is 0 Å². The zero-order chi connectivity index (χ0) is 7.98. The fraction of sp³-hybridized carbons (Fsp3) is 0.625. The van der Waals surface area contributed by atoms with Crippen LogP contribution < -0.4 is 0 Å². The van der Waals surface area contributed by atoms with Crippen LogP contribution in [-0.4, -0.2) is 12.1 Å². The number of carbonyl (C=O) groups is 1. The summed E-state index contributed by atoms with van der Waals surface area (Å²) in [5.74, 6) is -0.218. The summed E-state index contributed by atoms with van der Waals surface area (Å²) in [5.41, 5.74) is 0. The van der Waals surface area contributed by atoms with Crippen molar-refractivity contribution >= 4 is 5.97 Å². The second-order valence-corrected chi connectivity index (χ2v) is 2.08. The van der Waals surface area contributed by atoms with E-state index in [9.17, 15) is 4.79 Å². The van der Waals surface area contributed by atoms with E-state index < -0.39 is 0 Å². The Balaban J connectivity index is 3.71. The van der Waals surface area contributed by atoms with E-state index in [-0.39, 0.29) is 12.1 Å². The molecule has 0 bridgehead atoms. The average Bonchev–Trinajstić information content (AvgIpc) is 1.86. The number of carbonyl (C=O) groups excluding carboxylic acids is 1. The van der Waals surface area contributed by atoms with Gasteiger partial charge in [-0.25, -0.2) is 0 Å². The maximum atomic E-state index is 10.4. The molecule has 0 rings (SSSR count). The Hall–Kier alpha value is -0.790. The molecule has 0 aromatic heterocycles. The van der Waals surface area contributed by atoms with Crippen LogP contribution in [0.15, 0.2) is 12.2 Å². The summed E-state index contributed by atoms with van der Waals surface area (Å²) >= 11 is 0. The summed E-state index contributed by atoms with van der Waals surface area (Å²) in [6, 6.07) is 0. The van der Waals surface area contributed by atoms with Gasteiger partial charge in [0.05, 0.1) is 0 Å². The van der Waals surface area contributed by atoms with E-state index in [1.165, 1.54) is 6.92 Å². The van der Waals surface area contributed by atoms with Gasteiger partial charge in [-0.05, 0) is 19.4 Å². The van der Waals surface area contributed by atoms with Crippen LogP contribution in [0.1, 0.15) is 27.2 Å². The third-order valence-corrected chi connectivity index (χ3v) is 1.13. The van der Waals surface area contributed by atoms with Crippen molar-refractivity contribution in [2.24, 2.45) is 0 Å². The molecule has 0 aliphatic rings. The molecule has 0 spiro atoms. The highest BCUT2D eigenvalue weighted by molar-refractivity contribution is 5.66. The van der Waals surface area contributed by atoms with E-state index in [0.717, 1.165) is 6.42 Å². The minimum Gasteiger partial charge on any atom is -0.458 e. The highest BCUT2D eigenvalue weighted by Crippen LogP contribution is 1.99. The van der Waals surface area contributed by atoms with E-state index in [4.69, 9.17) is 4.74 Å². The second-order valence-electron chi connectivity index (χ2n) is 2.08. The lowest BCUT2D eigenvalue weighted by molar-refractivity contribution is -0.144. The first-order chi connectivity index (χ1) is 4.70. The van der Waals surface area contributed by atoms with Crippen LogP contribution in [-0.2, 0) is 9.53 Å². The van der Waals surface area contributed by atoms with Gasteiger partial charge in [0, 0.05) is 6.92 Å². The standard InChI is InChI=1S/C8H14O2/c1-4-6-8(5-2)10-7(3)9/h4,6,8H,5H2,1-3H3/b6-4-. The molecular weight excluding hydrogens is 128 g/mol. The van der Waals surface area contributed by atoms with E-state index in [0.29, 0.717) is 0 Å². The molecule has 1 atom stereocenters. The van der Waals surface area contributed by atoms with Gasteiger partial charge in [0.1, 0.15) is 6.10 Å². The zero-order valence-corrected chi connectivity index (χ0v) is 6.76. The molecule has 0 radical (unpaired) electrons. The Morgan fingerprint density at radius 1 is 1.70 bits per heavy atom. The van der Waals surface area contributed by atoms with Crippen molar-refractivity contribution in [3.05, 3.63) is 12.2 Å². The molecule has 0 saturated carbocycles. The molecule has 2 nitrogen and oxygen atoms in total. The van der Waals surface area contributed by atoms with Gasteiger partial charge in [-0.1, -0.05) is 13.0 Å². The molecule has 0 aliphatic heterocycles. The fourth-order valence-electron chi connectivity index (χ4n) is 0.687. The molecule has 0 amide bonds. The maximum absolute atomic E-state index is 10.4. The Morgan fingerprint density at radius 3 is 2.60 bits per heavy atom. The Morgan fingerprint density at radius 2 is 2.30 bits per heavy atom. The van der Waals surface area contributed by atoms with Crippen LogP contribution in [0.2, 0.25) is 0 Å². The number of ether oxygens (including phenoxy) is 1. The van der Waals surface area contributed by atoms with Gasteiger partial charge in [-0.3, -0.25) is 4.79 Å². The van der Waals surface area contributed by atoms with Crippen molar-refractivity contribution < 1.29 is 9.53 Å². The molecule has 0 heterocycles. The van der Waals surface area contributed by atoms with Crippen LogP contribution in [0.3, 0.4) is 0 Å². The van der Waals surface area contributed by atoms with Crippen molar-refractivity contribution in [3.8, 4) is 0 Å². The van der Waals surface area contributed by atoms with E-state index in [2.05, 4.69) is 0 Å². The van der Waals surface area contributed by atoms with Crippen LogP contribution >= 0.6 is 0 Å². The molecule has 58 valence electrons. The number of esters is 1. The predicted octanol–water partition coefficient (Wildman–Crippen LogP) is 1.90. The Kier molecular flexibility index (Phi) is 4.63. The number of hydrogen-bond acceptors (Lipinski definition) is 2. The Bertz CT molecular complexity index is 127. The van der Waals surface area contributed by atoms with Crippen LogP contribution in [0.25, 0.3) is 0 Å². The summed E-state index contributed by atoms with van der Waals surface area (Å²) in [6.07, 6.45) is 4.56. The molecule has 0 aromatic rings. The average molecular weight is 142 g/mol. The molecular formula is C8H14O2. The summed E-state index contributed by atoms with van der Waals surface area (Å²) in [4.78, 5) is 10.4. The normalized spacial score (nSPS) is 13.5. The van der Waals surface area contributed by atoms with Crippen molar-refractivity contribution in [1.82, 2.24) is 0 Å². The largest absolute Gasteiger partial charge is 0.458 e. The summed E-state index contributed by atoms with van der Waals surface area (Å²) in [7, 11) is 0. The molecule has 0 saturated heterocycles.